The van der Waals surface area contributed by atoms with Crippen LogP contribution in [0.15, 0.2) is 48.5 Å². The summed E-state index contributed by atoms with van der Waals surface area (Å²) in [5.74, 6) is -0.805. The number of anilines is 1. The molecule has 4 rings (SSSR count). The van der Waals surface area contributed by atoms with Crippen LogP contribution in [0.25, 0.3) is 0 Å². The average Bonchev–Trinajstić information content (AvgIpc) is 3.32. The number of hydrogen-bond acceptors (Lipinski definition) is 5. The van der Waals surface area contributed by atoms with Crippen molar-refractivity contribution in [3.05, 3.63) is 54.1 Å². The summed E-state index contributed by atoms with van der Waals surface area (Å²) in [4.78, 5) is 27.4. The van der Waals surface area contributed by atoms with Gasteiger partial charge in [0.25, 0.3) is 0 Å². The standard InChI is InChI=1S/C25H30N2O5/c1-31-22-12-11-19(16-23(22)32-21-9-5-6-10-21)26-13-14-27(24(28)25(29)30)20(17-26)15-18-7-3-2-4-8-18/h2-4,7-8,11-12,16,20-21H,5-6,9-10,13-15,17H2,1H3,(H,29,30)/t20-/m0/s1. The van der Waals surface area contributed by atoms with E-state index in [0.29, 0.717) is 31.8 Å². The molecule has 7 nitrogen and oxygen atoms in total. The highest BCUT2D eigenvalue weighted by atomic mass is 16.5. The molecule has 2 aromatic rings. The van der Waals surface area contributed by atoms with E-state index < -0.39 is 11.9 Å². The van der Waals surface area contributed by atoms with Gasteiger partial charge >= 0.3 is 11.9 Å². The van der Waals surface area contributed by atoms with Gasteiger partial charge in [-0.3, -0.25) is 4.79 Å². The van der Waals surface area contributed by atoms with E-state index in [4.69, 9.17) is 9.47 Å². The second kappa shape index (κ2) is 9.94. The van der Waals surface area contributed by atoms with E-state index in [-0.39, 0.29) is 12.1 Å². The van der Waals surface area contributed by atoms with Crippen LogP contribution < -0.4 is 14.4 Å². The van der Waals surface area contributed by atoms with E-state index in [1.807, 2.05) is 48.5 Å². The van der Waals surface area contributed by atoms with E-state index in [9.17, 15) is 14.7 Å². The number of amides is 1. The van der Waals surface area contributed by atoms with Crippen LogP contribution in [0.1, 0.15) is 31.2 Å². The number of hydrogen-bond donors (Lipinski definition) is 1. The molecule has 0 aromatic heterocycles. The van der Waals surface area contributed by atoms with Crippen molar-refractivity contribution in [2.24, 2.45) is 0 Å². The number of nitrogens with zero attached hydrogens (tertiary/aromatic N) is 2. The molecule has 1 saturated carbocycles. The van der Waals surface area contributed by atoms with Crippen molar-refractivity contribution >= 4 is 17.6 Å². The zero-order valence-electron chi connectivity index (χ0n) is 18.4. The van der Waals surface area contributed by atoms with Crippen molar-refractivity contribution in [2.75, 3.05) is 31.6 Å². The Kier molecular flexibility index (Phi) is 6.83. The SMILES string of the molecule is COc1ccc(N2CCN(C(=O)C(=O)O)[C@@H](Cc3ccccc3)C2)cc1OC1CCCC1. The number of carboxylic acid groups (broad SMARTS) is 1. The molecule has 1 N–H and O–H groups in total. The molecule has 1 atom stereocenters. The summed E-state index contributed by atoms with van der Waals surface area (Å²) in [6, 6.07) is 15.5. The van der Waals surface area contributed by atoms with Gasteiger partial charge in [-0.1, -0.05) is 30.3 Å². The van der Waals surface area contributed by atoms with Crippen molar-refractivity contribution in [2.45, 2.75) is 44.2 Å². The van der Waals surface area contributed by atoms with E-state index in [0.717, 1.165) is 29.8 Å². The van der Waals surface area contributed by atoms with E-state index in [1.165, 1.54) is 17.7 Å². The van der Waals surface area contributed by atoms with Crippen molar-refractivity contribution in [1.29, 1.82) is 0 Å². The number of methoxy groups -OCH3 is 1. The molecule has 1 amide bonds. The number of carboxylic acids is 1. The fourth-order valence-corrected chi connectivity index (χ4v) is 4.68. The van der Waals surface area contributed by atoms with Crippen molar-refractivity contribution in [1.82, 2.24) is 4.90 Å². The number of carbonyl (C=O) groups is 2. The fraction of sp³-hybridized carbons (Fsp3) is 0.440. The first kappa shape index (κ1) is 22.0. The largest absolute Gasteiger partial charge is 0.493 e. The van der Waals surface area contributed by atoms with Crippen LogP contribution in [0.4, 0.5) is 5.69 Å². The monoisotopic (exact) mass is 438 g/mol. The predicted octanol–water partition coefficient (Wildman–Crippen LogP) is 3.36. The van der Waals surface area contributed by atoms with Gasteiger partial charge in [0.1, 0.15) is 0 Å². The Hall–Kier alpha value is -3.22. The van der Waals surface area contributed by atoms with E-state index in [2.05, 4.69) is 4.90 Å². The summed E-state index contributed by atoms with van der Waals surface area (Å²) in [7, 11) is 1.64. The second-order valence-electron chi connectivity index (χ2n) is 8.45. The first-order chi connectivity index (χ1) is 15.5. The Labute approximate surface area is 188 Å². The van der Waals surface area contributed by atoms with Gasteiger partial charge in [-0.15, -0.1) is 0 Å². The third kappa shape index (κ3) is 4.98. The summed E-state index contributed by atoms with van der Waals surface area (Å²) in [6.45, 7) is 1.45. The maximum atomic E-state index is 12.3. The molecule has 0 radical (unpaired) electrons. The Morgan fingerprint density at radius 2 is 1.78 bits per heavy atom. The van der Waals surface area contributed by atoms with Crippen LogP contribution in [0.2, 0.25) is 0 Å². The minimum absolute atomic E-state index is 0.218. The third-order valence-electron chi connectivity index (χ3n) is 6.35. The maximum absolute atomic E-state index is 12.3. The Morgan fingerprint density at radius 3 is 2.47 bits per heavy atom. The van der Waals surface area contributed by atoms with Gasteiger partial charge in [0.15, 0.2) is 11.5 Å². The van der Waals surface area contributed by atoms with Crippen molar-refractivity contribution in [3.8, 4) is 11.5 Å². The molecule has 170 valence electrons. The van der Waals surface area contributed by atoms with Crippen LogP contribution in [-0.2, 0) is 16.0 Å². The molecule has 1 aliphatic carbocycles. The molecule has 0 unspecified atom stereocenters. The summed E-state index contributed by atoms with van der Waals surface area (Å²) in [5, 5.41) is 9.30. The molecule has 2 aromatic carbocycles. The van der Waals surface area contributed by atoms with Gasteiger partial charge in [-0.05, 0) is 49.8 Å². The van der Waals surface area contributed by atoms with Crippen LogP contribution >= 0.6 is 0 Å². The average molecular weight is 439 g/mol. The van der Waals surface area contributed by atoms with Gasteiger partial charge < -0.3 is 24.4 Å². The second-order valence-corrected chi connectivity index (χ2v) is 8.45. The highest BCUT2D eigenvalue weighted by molar-refractivity contribution is 6.31. The molecule has 0 spiro atoms. The highest BCUT2D eigenvalue weighted by Gasteiger charge is 2.34. The molecule has 2 fully saturated rings. The van der Waals surface area contributed by atoms with E-state index in [1.54, 1.807) is 7.11 Å². The zero-order valence-corrected chi connectivity index (χ0v) is 18.4. The normalized spacial score (nSPS) is 19.1. The summed E-state index contributed by atoms with van der Waals surface area (Å²) >= 11 is 0. The van der Waals surface area contributed by atoms with Gasteiger partial charge in [-0.25, -0.2) is 4.79 Å². The quantitative estimate of drug-likeness (QED) is 0.697. The predicted molar refractivity (Wildman–Crippen MR) is 121 cm³/mol. The molecule has 32 heavy (non-hydrogen) atoms. The van der Waals surface area contributed by atoms with Gasteiger partial charge in [-0.2, -0.15) is 0 Å². The van der Waals surface area contributed by atoms with E-state index >= 15 is 0 Å². The topological polar surface area (TPSA) is 79.3 Å². The Balaban J connectivity index is 1.55. The zero-order chi connectivity index (χ0) is 22.5. The fourth-order valence-electron chi connectivity index (χ4n) is 4.68. The summed E-state index contributed by atoms with van der Waals surface area (Å²) < 4.78 is 11.8. The van der Waals surface area contributed by atoms with Crippen LogP contribution in [0, 0.1) is 0 Å². The van der Waals surface area contributed by atoms with Gasteiger partial charge in [0.2, 0.25) is 0 Å². The number of ether oxygens (including phenoxy) is 2. The lowest BCUT2D eigenvalue weighted by molar-refractivity contribution is -0.157. The Bertz CT molecular complexity index is 943. The van der Waals surface area contributed by atoms with Gasteiger partial charge in [0.05, 0.1) is 19.3 Å². The smallest absolute Gasteiger partial charge is 0.394 e. The molecular formula is C25H30N2O5. The van der Waals surface area contributed by atoms with Crippen LogP contribution in [0.3, 0.4) is 0 Å². The number of rotatable bonds is 6. The van der Waals surface area contributed by atoms with Crippen LogP contribution in [-0.4, -0.2) is 60.8 Å². The minimum Gasteiger partial charge on any atom is -0.493 e. The molecule has 0 bridgehead atoms. The lowest BCUT2D eigenvalue weighted by atomic mass is 10.0. The molecule has 2 aliphatic rings. The lowest BCUT2D eigenvalue weighted by Crippen LogP contribution is -2.57. The number of aliphatic carboxylic acids is 1. The molecule has 1 heterocycles. The number of carbonyl (C=O) groups excluding carboxylic acids is 1. The molecule has 7 heteroatoms. The first-order valence-electron chi connectivity index (χ1n) is 11.2. The molecule has 1 saturated heterocycles. The van der Waals surface area contributed by atoms with Crippen LogP contribution in [0.5, 0.6) is 11.5 Å². The highest BCUT2D eigenvalue weighted by Crippen LogP contribution is 2.35. The minimum atomic E-state index is -1.41. The Morgan fingerprint density at radius 1 is 1.03 bits per heavy atom. The lowest BCUT2D eigenvalue weighted by Gasteiger charge is -2.42. The van der Waals surface area contributed by atoms with Gasteiger partial charge in [0, 0.05) is 31.4 Å². The van der Waals surface area contributed by atoms with Crippen molar-refractivity contribution in [3.63, 3.8) is 0 Å². The van der Waals surface area contributed by atoms with Crippen molar-refractivity contribution < 1.29 is 24.2 Å². The number of piperazine rings is 1. The summed E-state index contributed by atoms with van der Waals surface area (Å²) in [5.41, 5.74) is 2.06. The number of benzene rings is 2. The molecular weight excluding hydrogens is 408 g/mol. The maximum Gasteiger partial charge on any atom is 0.394 e. The first-order valence-corrected chi connectivity index (χ1v) is 11.2. The third-order valence-corrected chi connectivity index (χ3v) is 6.35. The molecule has 1 aliphatic heterocycles. The summed E-state index contributed by atoms with van der Waals surface area (Å²) in [6.07, 6.45) is 5.30.